The Morgan fingerprint density at radius 2 is 2.00 bits per heavy atom. The maximum absolute atomic E-state index is 13.3. The highest BCUT2D eigenvalue weighted by Gasteiger charge is 2.49. The molecule has 0 unspecified atom stereocenters. The molecule has 3 fully saturated rings. The summed E-state index contributed by atoms with van der Waals surface area (Å²) in [4.78, 5) is 34.1. The predicted molar refractivity (Wildman–Crippen MR) is 104 cm³/mol. The summed E-state index contributed by atoms with van der Waals surface area (Å²) in [5.74, 6) is 1.11. The molecule has 3 heterocycles. The number of carbonyl (C=O) groups excluding carboxylic acids is 2. The van der Waals surface area contributed by atoms with Crippen LogP contribution in [0.25, 0.3) is 0 Å². The lowest BCUT2D eigenvalue weighted by Gasteiger charge is -2.40. The third-order valence-corrected chi connectivity index (χ3v) is 6.91. The van der Waals surface area contributed by atoms with Crippen molar-refractivity contribution in [1.82, 2.24) is 14.8 Å². The Balaban J connectivity index is 1.37. The van der Waals surface area contributed by atoms with Gasteiger partial charge in [0.15, 0.2) is 0 Å². The molecule has 3 aliphatic rings. The van der Waals surface area contributed by atoms with Crippen molar-refractivity contribution in [2.45, 2.75) is 57.8 Å². The number of nitrogens with zero attached hydrogens (tertiary/aromatic N) is 3. The van der Waals surface area contributed by atoms with E-state index in [4.69, 9.17) is 0 Å². The third kappa shape index (κ3) is 3.87. The number of piperidine rings is 1. The van der Waals surface area contributed by atoms with Crippen LogP contribution in [0.3, 0.4) is 0 Å². The van der Waals surface area contributed by atoms with Crippen LogP contribution in [0.1, 0.15) is 68.1 Å². The Bertz CT molecular complexity index is 671. The second kappa shape index (κ2) is 7.99. The number of likely N-dealkylation sites (tertiary alicyclic amines) is 2. The molecular formula is C22H31N3O2. The molecule has 5 heteroatoms. The average molecular weight is 370 g/mol. The van der Waals surface area contributed by atoms with Gasteiger partial charge in [0.1, 0.15) is 0 Å². The van der Waals surface area contributed by atoms with Crippen molar-refractivity contribution in [2.75, 3.05) is 26.2 Å². The number of hydrogen-bond donors (Lipinski definition) is 0. The van der Waals surface area contributed by atoms with Crippen LogP contribution in [-0.4, -0.2) is 52.8 Å². The van der Waals surface area contributed by atoms with E-state index in [0.717, 1.165) is 44.7 Å². The molecule has 1 aromatic rings. The van der Waals surface area contributed by atoms with E-state index < -0.39 is 0 Å². The first kappa shape index (κ1) is 18.5. The summed E-state index contributed by atoms with van der Waals surface area (Å²) in [5, 5.41) is 0. The Labute approximate surface area is 162 Å². The van der Waals surface area contributed by atoms with Crippen LogP contribution in [0.2, 0.25) is 0 Å². The maximum Gasteiger partial charge on any atom is 0.255 e. The van der Waals surface area contributed by atoms with Gasteiger partial charge in [-0.15, -0.1) is 0 Å². The van der Waals surface area contributed by atoms with Gasteiger partial charge in [0.2, 0.25) is 5.91 Å². The van der Waals surface area contributed by atoms with Crippen LogP contribution in [0.15, 0.2) is 24.5 Å². The Hall–Kier alpha value is -1.91. The predicted octanol–water partition coefficient (Wildman–Crippen LogP) is 3.51. The monoisotopic (exact) mass is 369 g/mol. The van der Waals surface area contributed by atoms with E-state index in [0.29, 0.717) is 24.6 Å². The molecule has 5 nitrogen and oxygen atoms in total. The molecule has 0 aromatic carbocycles. The standard InChI is InChI=1S/C22H31N3O2/c26-20(19-8-4-12-23-16-19)25-15-11-22(17-25)10-5-13-24(21(22)27)14-9-18-6-2-1-3-7-18/h4,8,12,16,18H,1-3,5-7,9-11,13-15,17H2/t22-/m1/s1. The van der Waals surface area contributed by atoms with E-state index in [1.807, 2.05) is 4.90 Å². The zero-order valence-electron chi connectivity index (χ0n) is 16.2. The SMILES string of the molecule is O=C(c1cccnc1)N1CC[C@]2(CCCN(CCC3CCCCC3)C2=O)C1. The molecule has 1 aliphatic carbocycles. The van der Waals surface area contributed by atoms with Gasteiger partial charge in [-0.25, -0.2) is 0 Å². The van der Waals surface area contributed by atoms with Gasteiger partial charge in [0, 0.05) is 38.6 Å². The largest absolute Gasteiger partial charge is 0.342 e. The van der Waals surface area contributed by atoms with Crippen molar-refractivity contribution in [3.63, 3.8) is 0 Å². The lowest BCUT2D eigenvalue weighted by Crippen LogP contribution is -2.50. The molecule has 1 atom stereocenters. The van der Waals surface area contributed by atoms with Crippen LogP contribution < -0.4 is 0 Å². The summed E-state index contributed by atoms with van der Waals surface area (Å²) in [6.45, 7) is 3.04. The molecular weight excluding hydrogens is 338 g/mol. The summed E-state index contributed by atoms with van der Waals surface area (Å²) in [7, 11) is 0. The topological polar surface area (TPSA) is 53.5 Å². The zero-order chi connectivity index (χ0) is 18.7. The van der Waals surface area contributed by atoms with E-state index in [9.17, 15) is 9.59 Å². The molecule has 1 saturated carbocycles. The molecule has 1 spiro atoms. The zero-order valence-corrected chi connectivity index (χ0v) is 16.2. The number of rotatable bonds is 4. The minimum atomic E-state index is -0.345. The molecule has 2 aliphatic heterocycles. The Kier molecular flexibility index (Phi) is 5.46. The van der Waals surface area contributed by atoms with Gasteiger partial charge in [0.25, 0.3) is 5.91 Å². The third-order valence-electron chi connectivity index (χ3n) is 6.91. The summed E-state index contributed by atoms with van der Waals surface area (Å²) < 4.78 is 0. The quantitative estimate of drug-likeness (QED) is 0.816. The molecule has 0 bridgehead atoms. The van der Waals surface area contributed by atoms with Gasteiger partial charge >= 0.3 is 0 Å². The number of aromatic nitrogens is 1. The Morgan fingerprint density at radius 3 is 2.78 bits per heavy atom. The number of amides is 2. The van der Waals surface area contributed by atoms with E-state index in [2.05, 4.69) is 9.88 Å². The van der Waals surface area contributed by atoms with Crippen molar-refractivity contribution in [3.8, 4) is 0 Å². The van der Waals surface area contributed by atoms with Crippen LogP contribution >= 0.6 is 0 Å². The van der Waals surface area contributed by atoms with Crippen molar-refractivity contribution < 1.29 is 9.59 Å². The fourth-order valence-corrected chi connectivity index (χ4v) is 5.28. The first-order chi connectivity index (χ1) is 13.2. The van der Waals surface area contributed by atoms with E-state index >= 15 is 0 Å². The van der Waals surface area contributed by atoms with Crippen molar-refractivity contribution >= 4 is 11.8 Å². The van der Waals surface area contributed by atoms with Gasteiger partial charge in [-0.3, -0.25) is 14.6 Å². The maximum atomic E-state index is 13.3. The molecule has 0 radical (unpaired) electrons. The second-order valence-corrected chi connectivity index (χ2v) is 8.69. The molecule has 0 N–H and O–H groups in total. The summed E-state index contributed by atoms with van der Waals surface area (Å²) in [5.41, 5.74) is 0.273. The van der Waals surface area contributed by atoms with Crippen LogP contribution in [0.5, 0.6) is 0 Å². The fourth-order valence-electron chi connectivity index (χ4n) is 5.28. The lowest BCUT2D eigenvalue weighted by atomic mass is 9.78. The van der Waals surface area contributed by atoms with Crippen molar-refractivity contribution in [2.24, 2.45) is 11.3 Å². The fraction of sp³-hybridized carbons (Fsp3) is 0.682. The second-order valence-electron chi connectivity index (χ2n) is 8.69. The molecule has 146 valence electrons. The van der Waals surface area contributed by atoms with Gasteiger partial charge in [-0.2, -0.15) is 0 Å². The minimum Gasteiger partial charge on any atom is -0.342 e. The summed E-state index contributed by atoms with van der Waals surface area (Å²) in [6, 6.07) is 3.59. The molecule has 4 rings (SSSR count). The summed E-state index contributed by atoms with van der Waals surface area (Å²) >= 11 is 0. The molecule has 1 aromatic heterocycles. The average Bonchev–Trinajstić information content (AvgIpc) is 3.15. The van der Waals surface area contributed by atoms with E-state index in [-0.39, 0.29) is 11.3 Å². The van der Waals surface area contributed by atoms with Gasteiger partial charge in [0.05, 0.1) is 11.0 Å². The highest BCUT2D eigenvalue weighted by Crippen LogP contribution is 2.41. The van der Waals surface area contributed by atoms with Gasteiger partial charge in [-0.05, 0) is 43.7 Å². The first-order valence-corrected chi connectivity index (χ1v) is 10.7. The van der Waals surface area contributed by atoms with Crippen LogP contribution in [0, 0.1) is 11.3 Å². The van der Waals surface area contributed by atoms with Gasteiger partial charge in [-0.1, -0.05) is 32.1 Å². The van der Waals surface area contributed by atoms with Crippen molar-refractivity contribution in [1.29, 1.82) is 0 Å². The van der Waals surface area contributed by atoms with E-state index in [1.165, 1.54) is 32.1 Å². The Morgan fingerprint density at radius 1 is 1.15 bits per heavy atom. The smallest absolute Gasteiger partial charge is 0.255 e. The normalized spacial score (nSPS) is 26.7. The van der Waals surface area contributed by atoms with Crippen molar-refractivity contribution in [3.05, 3.63) is 30.1 Å². The molecule has 2 amide bonds. The summed E-state index contributed by atoms with van der Waals surface area (Å²) in [6.07, 6.45) is 14.0. The van der Waals surface area contributed by atoms with E-state index in [1.54, 1.807) is 24.5 Å². The number of pyridine rings is 1. The van der Waals surface area contributed by atoms with Crippen LogP contribution in [0.4, 0.5) is 0 Å². The first-order valence-electron chi connectivity index (χ1n) is 10.7. The van der Waals surface area contributed by atoms with Gasteiger partial charge < -0.3 is 9.80 Å². The highest BCUT2D eigenvalue weighted by molar-refractivity contribution is 5.95. The minimum absolute atomic E-state index is 0.00658. The number of carbonyl (C=O) groups is 2. The van der Waals surface area contributed by atoms with Crippen LogP contribution in [-0.2, 0) is 4.79 Å². The lowest BCUT2D eigenvalue weighted by molar-refractivity contribution is -0.145. The highest BCUT2D eigenvalue weighted by atomic mass is 16.2. The number of hydrogen-bond acceptors (Lipinski definition) is 3. The molecule has 27 heavy (non-hydrogen) atoms. The molecule has 2 saturated heterocycles.